The van der Waals surface area contributed by atoms with Gasteiger partial charge in [0.1, 0.15) is 0 Å². The number of ketones is 2. The van der Waals surface area contributed by atoms with E-state index in [1.54, 1.807) is 12.1 Å². The Hall–Kier alpha value is -2.84. The topological polar surface area (TPSA) is 34.1 Å². The average Bonchev–Trinajstić information content (AvgIpc) is 2.76. The van der Waals surface area contributed by atoms with Crippen LogP contribution in [0.3, 0.4) is 0 Å². The minimum Gasteiger partial charge on any atom is -0.289 e. The Kier molecular flexibility index (Phi) is 6.02. The van der Waals surface area contributed by atoms with E-state index in [9.17, 15) is 27.2 Å². The summed E-state index contributed by atoms with van der Waals surface area (Å²) in [5.41, 5.74) is 0.621. The van der Waals surface area contributed by atoms with Crippen LogP contribution in [0.4, 0.5) is 17.6 Å². The highest BCUT2D eigenvalue weighted by Crippen LogP contribution is 2.39. The zero-order valence-electron chi connectivity index (χ0n) is 15.6. The summed E-state index contributed by atoms with van der Waals surface area (Å²) in [6.45, 7) is 0. The van der Waals surface area contributed by atoms with Crippen LogP contribution in [0.1, 0.15) is 20.7 Å². The first kappa shape index (κ1) is 21.4. The van der Waals surface area contributed by atoms with Crippen molar-refractivity contribution in [2.24, 2.45) is 0 Å². The Balaban J connectivity index is 1.73. The molecule has 2 nitrogen and oxygen atoms in total. The lowest BCUT2D eigenvalue weighted by molar-refractivity contribution is 0.0982. The van der Waals surface area contributed by atoms with E-state index in [0.29, 0.717) is 4.90 Å². The molecule has 0 N–H and O–H groups in total. The minimum absolute atomic E-state index is 0.00991. The van der Waals surface area contributed by atoms with Gasteiger partial charge in [0.05, 0.1) is 4.91 Å². The van der Waals surface area contributed by atoms with E-state index in [1.807, 2.05) is 0 Å². The molecule has 0 unspecified atom stereocenters. The van der Waals surface area contributed by atoms with Crippen LogP contribution in [-0.2, 0) is 0 Å². The van der Waals surface area contributed by atoms with Crippen LogP contribution in [0.15, 0.2) is 80.9 Å². The van der Waals surface area contributed by atoms with E-state index < -0.39 is 29.1 Å². The molecule has 3 aromatic rings. The first-order chi connectivity index (χ1) is 14.8. The van der Waals surface area contributed by atoms with Gasteiger partial charge in [-0.1, -0.05) is 36.0 Å². The number of carbonyl (C=O) groups excluding carboxylic acids is 2. The lowest BCUT2D eigenvalue weighted by Crippen LogP contribution is -2.22. The van der Waals surface area contributed by atoms with Crippen molar-refractivity contribution < 1.29 is 27.2 Å². The smallest absolute Gasteiger partial charge is 0.200 e. The molecule has 0 fully saturated rings. The maximum Gasteiger partial charge on any atom is 0.200 e. The Bertz CT molecular complexity index is 1250. The molecule has 0 heterocycles. The van der Waals surface area contributed by atoms with Crippen LogP contribution < -0.4 is 0 Å². The first-order valence-electron chi connectivity index (χ1n) is 8.97. The predicted molar refractivity (Wildman–Crippen MR) is 111 cm³/mol. The zero-order valence-corrected chi connectivity index (χ0v) is 17.3. The van der Waals surface area contributed by atoms with Crippen molar-refractivity contribution in [1.29, 1.82) is 0 Å². The largest absolute Gasteiger partial charge is 0.289 e. The quantitative estimate of drug-likeness (QED) is 0.323. The van der Waals surface area contributed by atoms with E-state index in [1.165, 1.54) is 24.3 Å². The molecule has 0 atom stereocenters. The molecular formula is C23H12F4O2S2. The van der Waals surface area contributed by atoms with Gasteiger partial charge in [0, 0.05) is 32.2 Å². The van der Waals surface area contributed by atoms with Crippen LogP contribution in [-0.4, -0.2) is 17.3 Å². The van der Waals surface area contributed by atoms with Crippen LogP contribution in [0, 0.1) is 23.3 Å². The van der Waals surface area contributed by atoms with Gasteiger partial charge in [-0.15, -0.1) is 11.8 Å². The second-order valence-corrected chi connectivity index (χ2v) is 8.69. The summed E-state index contributed by atoms with van der Waals surface area (Å²) >= 11 is 1.93. The first-order valence-corrected chi connectivity index (χ1v) is 10.8. The SMILES string of the molecule is O=C1C(CSc2ccc(F)c(F)c2)=C(Sc2ccc(F)c(F)c2)C(=O)c2ccccc21. The normalized spacial score (nSPS) is 13.5. The number of rotatable bonds is 5. The van der Waals surface area contributed by atoms with Crippen molar-refractivity contribution in [2.75, 3.05) is 5.75 Å². The fourth-order valence-corrected chi connectivity index (χ4v) is 5.08. The molecule has 0 spiro atoms. The molecule has 0 aliphatic heterocycles. The highest BCUT2D eigenvalue weighted by molar-refractivity contribution is 8.04. The standard InChI is InChI=1S/C23H12F4O2S2/c24-17-7-5-12(9-19(17)26)30-11-16-21(28)14-3-1-2-4-15(14)22(29)23(16)31-13-6-8-18(25)20(27)10-13/h1-10H,11H2. The summed E-state index contributed by atoms with van der Waals surface area (Å²) in [6.07, 6.45) is 0. The van der Waals surface area contributed by atoms with Gasteiger partial charge >= 0.3 is 0 Å². The van der Waals surface area contributed by atoms with Gasteiger partial charge in [0.15, 0.2) is 29.1 Å². The molecule has 31 heavy (non-hydrogen) atoms. The Morgan fingerprint density at radius 2 is 1.19 bits per heavy atom. The second-order valence-electron chi connectivity index (χ2n) is 6.55. The number of halogens is 4. The van der Waals surface area contributed by atoms with E-state index in [2.05, 4.69) is 0 Å². The molecule has 4 rings (SSSR count). The lowest BCUT2D eigenvalue weighted by atomic mass is 9.90. The molecule has 0 aromatic heterocycles. The number of allylic oxidation sites excluding steroid dienone is 1. The van der Waals surface area contributed by atoms with Gasteiger partial charge in [-0.25, -0.2) is 17.6 Å². The maximum atomic E-state index is 13.7. The van der Waals surface area contributed by atoms with Gasteiger partial charge in [0.2, 0.25) is 5.78 Å². The second kappa shape index (κ2) is 8.72. The van der Waals surface area contributed by atoms with Crippen LogP contribution in [0.25, 0.3) is 0 Å². The monoisotopic (exact) mass is 460 g/mol. The third kappa shape index (κ3) is 4.31. The molecule has 1 aliphatic carbocycles. The summed E-state index contributed by atoms with van der Waals surface area (Å²) in [4.78, 5) is 27.0. The van der Waals surface area contributed by atoms with Crippen molar-refractivity contribution in [3.63, 3.8) is 0 Å². The molecule has 0 radical (unpaired) electrons. The van der Waals surface area contributed by atoms with Gasteiger partial charge in [-0.05, 0) is 36.4 Å². The third-order valence-corrected chi connectivity index (χ3v) is 6.70. The summed E-state index contributed by atoms with van der Waals surface area (Å²) in [5, 5.41) is 0. The van der Waals surface area contributed by atoms with Gasteiger partial charge in [0.25, 0.3) is 0 Å². The number of hydrogen-bond acceptors (Lipinski definition) is 4. The number of Topliss-reactive ketones (excluding diaryl/α,β-unsaturated/α-hetero) is 2. The minimum atomic E-state index is -1.07. The summed E-state index contributed by atoms with van der Waals surface area (Å²) in [5.74, 6) is -4.89. The summed E-state index contributed by atoms with van der Waals surface area (Å²) in [7, 11) is 0. The lowest BCUT2D eigenvalue weighted by Gasteiger charge is -2.20. The molecular weight excluding hydrogens is 448 g/mol. The van der Waals surface area contributed by atoms with E-state index >= 15 is 0 Å². The highest BCUT2D eigenvalue weighted by Gasteiger charge is 2.32. The number of fused-ring (bicyclic) bond motifs is 1. The molecule has 8 heteroatoms. The molecule has 1 aliphatic rings. The van der Waals surface area contributed by atoms with Crippen LogP contribution in [0.2, 0.25) is 0 Å². The fourth-order valence-electron chi connectivity index (χ4n) is 3.02. The van der Waals surface area contributed by atoms with E-state index in [4.69, 9.17) is 0 Å². The summed E-state index contributed by atoms with van der Waals surface area (Å²) < 4.78 is 53.6. The Morgan fingerprint density at radius 3 is 1.81 bits per heavy atom. The number of carbonyl (C=O) groups is 2. The number of thioether (sulfide) groups is 2. The zero-order chi connectivity index (χ0) is 22.1. The Labute approximate surface area is 183 Å². The van der Waals surface area contributed by atoms with E-state index in [0.717, 1.165) is 47.8 Å². The molecule has 0 saturated carbocycles. The maximum absolute atomic E-state index is 13.7. The molecule has 0 bridgehead atoms. The van der Waals surface area contributed by atoms with Gasteiger partial charge < -0.3 is 0 Å². The Morgan fingerprint density at radius 1 is 0.645 bits per heavy atom. The van der Waals surface area contributed by atoms with Crippen LogP contribution in [0.5, 0.6) is 0 Å². The third-order valence-electron chi connectivity index (χ3n) is 4.56. The van der Waals surface area contributed by atoms with Crippen molar-refractivity contribution in [1.82, 2.24) is 0 Å². The number of hydrogen-bond donors (Lipinski definition) is 0. The van der Waals surface area contributed by atoms with Crippen LogP contribution >= 0.6 is 23.5 Å². The average molecular weight is 460 g/mol. The molecule has 0 saturated heterocycles. The van der Waals surface area contributed by atoms with Gasteiger partial charge in [-0.3, -0.25) is 9.59 Å². The van der Waals surface area contributed by atoms with E-state index in [-0.39, 0.29) is 38.0 Å². The molecule has 3 aromatic carbocycles. The molecule has 0 amide bonds. The van der Waals surface area contributed by atoms with Crippen molar-refractivity contribution in [3.05, 3.63) is 106 Å². The van der Waals surface area contributed by atoms with Gasteiger partial charge in [-0.2, -0.15) is 0 Å². The fraction of sp³-hybridized carbons (Fsp3) is 0.0435. The van der Waals surface area contributed by atoms with Crippen molar-refractivity contribution >= 4 is 35.1 Å². The van der Waals surface area contributed by atoms with Crippen molar-refractivity contribution in [2.45, 2.75) is 9.79 Å². The summed E-state index contributed by atoms with van der Waals surface area (Å²) in [6, 6.07) is 12.9. The number of benzene rings is 3. The molecule has 156 valence electrons. The predicted octanol–water partition coefficient (Wildman–Crippen LogP) is 6.46. The highest BCUT2D eigenvalue weighted by atomic mass is 32.2. The van der Waals surface area contributed by atoms with Crippen molar-refractivity contribution in [3.8, 4) is 0 Å².